The molecule has 2 heterocycles. The number of nitrogens with one attached hydrogen (secondary N) is 1. The fourth-order valence-electron chi connectivity index (χ4n) is 1.72. The highest BCUT2D eigenvalue weighted by atomic mass is 16.4. The number of rotatable bonds is 1. The average Bonchev–Trinajstić information content (AvgIpc) is 2.76. The minimum atomic E-state index is -1.03. The van der Waals surface area contributed by atoms with Gasteiger partial charge < -0.3 is 5.11 Å². The summed E-state index contributed by atoms with van der Waals surface area (Å²) in [5, 5.41) is 17.4. The number of carboxylic acid groups (broad SMARTS) is 1. The first-order chi connectivity index (χ1) is 7.75. The van der Waals surface area contributed by atoms with Gasteiger partial charge in [0.2, 0.25) is 0 Å². The molecule has 3 rings (SSSR count). The zero-order valence-electron chi connectivity index (χ0n) is 8.14. The van der Waals surface area contributed by atoms with E-state index >= 15 is 0 Å². The first-order valence-electron chi connectivity index (χ1n) is 4.72. The quantitative estimate of drug-likeness (QED) is 0.646. The number of hydrogen-bond acceptors (Lipinski definition) is 3. The largest absolute Gasteiger partial charge is 0.477 e. The SMILES string of the molecule is O=C(O)c1ccc2ccc3[nH]ncc3c2n1. The van der Waals surface area contributed by atoms with Gasteiger partial charge in [-0.15, -0.1) is 0 Å². The third kappa shape index (κ3) is 1.15. The Kier molecular flexibility index (Phi) is 1.67. The predicted molar refractivity (Wildman–Crippen MR) is 58.4 cm³/mol. The molecule has 0 unspecified atom stereocenters. The standard InChI is InChI=1S/C11H7N3O2/c15-11(16)9-4-2-6-1-3-8-7(5-12-14-8)10(6)13-9/h1-5H,(H,12,14)(H,15,16). The Balaban J connectivity index is 2.46. The molecule has 1 aromatic carbocycles. The van der Waals surface area contributed by atoms with Gasteiger partial charge in [0, 0.05) is 10.8 Å². The van der Waals surface area contributed by atoms with E-state index in [0.29, 0.717) is 5.52 Å². The first-order valence-corrected chi connectivity index (χ1v) is 4.72. The number of H-pyrrole nitrogens is 1. The molecule has 0 aliphatic carbocycles. The average molecular weight is 213 g/mol. The molecule has 0 atom stereocenters. The summed E-state index contributed by atoms with van der Waals surface area (Å²) >= 11 is 0. The molecule has 0 radical (unpaired) electrons. The Morgan fingerprint density at radius 1 is 1.25 bits per heavy atom. The lowest BCUT2D eigenvalue weighted by Gasteiger charge is -1.99. The topological polar surface area (TPSA) is 78.9 Å². The predicted octanol–water partition coefficient (Wildman–Crippen LogP) is 1.81. The van der Waals surface area contributed by atoms with Crippen LogP contribution in [0.2, 0.25) is 0 Å². The molecule has 0 spiro atoms. The number of carboxylic acids is 1. The van der Waals surface area contributed by atoms with Crippen molar-refractivity contribution in [1.29, 1.82) is 0 Å². The van der Waals surface area contributed by atoms with Crippen LogP contribution < -0.4 is 0 Å². The van der Waals surface area contributed by atoms with Gasteiger partial charge in [0.15, 0.2) is 0 Å². The maximum Gasteiger partial charge on any atom is 0.354 e. The van der Waals surface area contributed by atoms with Gasteiger partial charge in [-0.05, 0) is 12.1 Å². The van der Waals surface area contributed by atoms with Gasteiger partial charge >= 0.3 is 5.97 Å². The molecule has 0 bridgehead atoms. The van der Waals surface area contributed by atoms with E-state index in [2.05, 4.69) is 15.2 Å². The molecule has 5 nitrogen and oxygen atoms in total. The molecule has 3 aromatic rings. The Morgan fingerprint density at radius 3 is 2.88 bits per heavy atom. The Bertz CT molecular complexity index is 703. The summed E-state index contributed by atoms with van der Waals surface area (Å²) in [6, 6.07) is 7.02. The molecule has 16 heavy (non-hydrogen) atoms. The number of aromatic nitrogens is 3. The maximum atomic E-state index is 10.8. The highest BCUT2D eigenvalue weighted by Crippen LogP contribution is 2.22. The van der Waals surface area contributed by atoms with Gasteiger partial charge in [-0.1, -0.05) is 12.1 Å². The zero-order chi connectivity index (χ0) is 11.1. The van der Waals surface area contributed by atoms with E-state index in [1.807, 2.05) is 12.1 Å². The van der Waals surface area contributed by atoms with Crippen LogP contribution in [0, 0.1) is 0 Å². The van der Waals surface area contributed by atoms with Crippen molar-refractivity contribution in [2.75, 3.05) is 0 Å². The van der Waals surface area contributed by atoms with Gasteiger partial charge in [0.1, 0.15) is 5.69 Å². The fraction of sp³-hybridized carbons (Fsp3) is 0. The van der Waals surface area contributed by atoms with Crippen LogP contribution in [0.3, 0.4) is 0 Å². The first kappa shape index (κ1) is 8.84. The lowest BCUT2D eigenvalue weighted by atomic mass is 10.1. The highest BCUT2D eigenvalue weighted by molar-refractivity contribution is 6.04. The van der Waals surface area contributed by atoms with Gasteiger partial charge in [0.05, 0.1) is 17.2 Å². The fourth-order valence-corrected chi connectivity index (χ4v) is 1.72. The third-order valence-corrected chi connectivity index (χ3v) is 2.50. The molecule has 0 saturated carbocycles. The van der Waals surface area contributed by atoms with Crippen LogP contribution in [0.15, 0.2) is 30.5 Å². The molecule has 78 valence electrons. The number of benzene rings is 1. The van der Waals surface area contributed by atoms with Gasteiger partial charge in [-0.3, -0.25) is 5.10 Å². The van der Waals surface area contributed by atoms with Crippen molar-refractivity contribution in [3.63, 3.8) is 0 Å². The maximum absolute atomic E-state index is 10.8. The number of fused-ring (bicyclic) bond motifs is 3. The molecule has 0 amide bonds. The van der Waals surface area contributed by atoms with Crippen LogP contribution in [0.4, 0.5) is 0 Å². The third-order valence-electron chi connectivity index (χ3n) is 2.50. The van der Waals surface area contributed by atoms with Crippen LogP contribution in [0.25, 0.3) is 21.8 Å². The smallest absolute Gasteiger partial charge is 0.354 e. The molecule has 0 aliphatic rings. The molecule has 5 heteroatoms. The minimum absolute atomic E-state index is 0.0428. The second kappa shape index (κ2) is 3.03. The summed E-state index contributed by atoms with van der Waals surface area (Å²) in [7, 11) is 0. The van der Waals surface area contributed by atoms with Crippen LogP contribution in [0.5, 0.6) is 0 Å². The van der Waals surface area contributed by atoms with Crippen molar-refractivity contribution < 1.29 is 9.90 Å². The molecule has 2 N–H and O–H groups in total. The Labute approximate surface area is 89.7 Å². The van der Waals surface area contributed by atoms with E-state index in [1.54, 1.807) is 12.3 Å². The number of hydrogen-bond donors (Lipinski definition) is 2. The summed E-state index contributed by atoms with van der Waals surface area (Å²) in [5.41, 5.74) is 1.55. The monoisotopic (exact) mass is 213 g/mol. The lowest BCUT2D eigenvalue weighted by Crippen LogP contribution is -1.99. The van der Waals surface area contributed by atoms with E-state index in [1.165, 1.54) is 6.07 Å². The van der Waals surface area contributed by atoms with Gasteiger partial charge in [-0.2, -0.15) is 5.10 Å². The summed E-state index contributed by atoms with van der Waals surface area (Å²) in [5.74, 6) is -1.03. The number of aromatic carboxylic acids is 1. The summed E-state index contributed by atoms with van der Waals surface area (Å²) in [6.45, 7) is 0. The number of pyridine rings is 1. The number of carbonyl (C=O) groups is 1. The minimum Gasteiger partial charge on any atom is -0.477 e. The van der Waals surface area contributed by atoms with Crippen molar-refractivity contribution in [2.45, 2.75) is 0 Å². The van der Waals surface area contributed by atoms with Crippen molar-refractivity contribution >= 4 is 27.8 Å². The van der Waals surface area contributed by atoms with Crippen LogP contribution in [0.1, 0.15) is 10.5 Å². The van der Waals surface area contributed by atoms with E-state index in [0.717, 1.165) is 16.3 Å². The lowest BCUT2D eigenvalue weighted by molar-refractivity contribution is 0.0691. The van der Waals surface area contributed by atoms with E-state index in [-0.39, 0.29) is 5.69 Å². The second-order valence-electron chi connectivity index (χ2n) is 3.47. The van der Waals surface area contributed by atoms with E-state index in [9.17, 15) is 4.79 Å². The molecule has 0 saturated heterocycles. The van der Waals surface area contributed by atoms with Crippen molar-refractivity contribution in [3.8, 4) is 0 Å². The number of aromatic amines is 1. The summed E-state index contributed by atoms with van der Waals surface area (Å²) < 4.78 is 0. The Hall–Kier alpha value is -2.43. The van der Waals surface area contributed by atoms with E-state index < -0.39 is 5.97 Å². The van der Waals surface area contributed by atoms with Crippen LogP contribution >= 0.6 is 0 Å². The molecule has 2 aromatic heterocycles. The summed E-state index contributed by atoms with van der Waals surface area (Å²) in [4.78, 5) is 14.9. The molecular weight excluding hydrogens is 206 g/mol. The van der Waals surface area contributed by atoms with E-state index in [4.69, 9.17) is 5.11 Å². The van der Waals surface area contributed by atoms with Gasteiger partial charge in [-0.25, -0.2) is 9.78 Å². The second-order valence-corrected chi connectivity index (χ2v) is 3.47. The molecule has 0 fully saturated rings. The normalized spacial score (nSPS) is 11.0. The van der Waals surface area contributed by atoms with Crippen molar-refractivity contribution in [2.24, 2.45) is 0 Å². The highest BCUT2D eigenvalue weighted by Gasteiger charge is 2.08. The van der Waals surface area contributed by atoms with Crippen LogP contribution in [-0.2, 0) is 0 Å². The Morgan fingerprint density at radius 2 is 2.06 bits per heavy atom. The molecular formula is C11H7N3O2. The van der Waals surface area contributed by atoms with Gasteiger partial charge in [0.25, 0.3) is 0 Å². The van der Waals surface area contributed by atoms with Crippen molar-refractivity contribution in [3.05, 3.63) is 36.2 Å². The zero-order valence-corrected chi connectivity index (χ0v) is 8.14. The molecule has 0 aliphatic heterocycles. The number of nitrogens with zero attached hydrogens (tertiary/aromatic N) is 2. The van der Waals surface area contributed by atoms with Crippen molar-refractivity contribution in [1.82, 2.24) is 15.2 Å². The summed E-state index contributed by atoms with van der Waals surface area (Å²) in [6.07, 6.45) is 1.65. The van der Waals surface area contributed by atoms with Crippen LogP contribution in [-0.4, -0.2) is 26.3 Å².